The Morgan fingerprint density at radius 1 is 1.50 bits per heavy atom. The molecule has 0 saturated heterocycles. The number of rotatable bonds is 3. The van der Waals surface area contributed by atoms with Gasteiger partial charge in [-0.15, -0.1) is 11.3 Å². The second-order valence-corrected chi connectivity index (χ2v) is 6.88. The van der Waals surface area contributed by atoms with Crippen LogP contribution in [0, 0.1) is 0 Å². The zero-order chi connectivity index (χ0) is 11.5. The Balaban J connectivity index is 1.93. The summed E-state index contributed by atoms with van der Waals surface area (Å²) < 4.78 is 1.18. The third-order valence-electron chi connectivity index (χ3n) is 3.31. The van der Waals surface area contributed by atoms with Crippen molar-refractivity contribution in [2.24, 2.45) is 0 Å². The van der Waals surface area contributed by atoms with Gasteiger partial charge in [0.2, 0.25) is 0 Å². The minimum Gasteiger partial charge on any atom is -0.391 e. The summed E-state index contributed by atoms with van der Waals surface area (Å²) in [6, 6.07) is 2.50. The van der Waals surface area contributed by atoms with Crippen molar-refractivity contribution in [2.45, 2.75) is 44.4 Å². The molecule has 1 aliphatic rings. The second kappa shape index (κ2) is 5.63. The summed E-state index contributed by atoms with van der Waals surface area (Å²) >= 11 is 5.20. The molecule has 1 N–H and O–H groups in total. The van der Waals surface area contributed by atoms with Crippen molar-refractivity contribution in [3.63, 3.8) is 0 Å². The monoisotopic (exact) mass is 303 g/mol. The molecule has 1 saturated carbocycles. The summed E-state index contributed by atoms with van der Waals surface area (Å²) in [4.78, 5) is 2.29. The molecule has 0 amide bonds. The van der Waals surface area contributed by atoms with Crippen molar-refractivity contribution in [3.05, 3.63) is 20.8 Å². The van der Waals surface area contributed by atoms with Crippen molar-refractivity contribution in [1.29, 1.82) is 0 Å². The van der Waals surface area contributed by atoms with E-state index in [0.29, 0.717) is 6.04 Å². The Bertz CT molecular complexity index is 342. The molecule has 1 heterocycles. The molecule has 1 aliphatic carbocycles. The van der Waals surface area contributed by atoms with E-state index in [1.807, 2.05) is 0 Å². The fraction of sp³-hybridized carbons (Fsp3) is 0.667. The van der Waals surface area contributed by atoms with Gasteiger partial charge in [0, 0.05) is 12.6 Å². The van der Waals surface area contributed by atoms with E-state index in [1.54, 1.807) is 11.3 Å². The fourth-order valence-electron chi connectivity index (χ4n) is 2.44. The minimum atomic E-state index is -0.138. The van der Waals surface area contributed by atoms with E-state index in [-0.39, 0.29) is 6.10 Å². The Labute approximate surface area is 109 Å². The van der Waals surface area contributed by atoms with Gasteiger partial charge in [-0.25, -0.2) is 0 Å². The SMILES string of the molecule is CN(Cc1csc(Br)c1)C1CCCCC1O. The van der Waals surface area contributed by atoms with Crippen LogP contribution >= 0.6 is 27.3 Å². The molecule has 4 heteroatoms. The van der Waals surface area contributed by atoms with Crippen LogP contribution in [0.3, 0.4) is 0 Å². The van der Waals surface area contributed by atoms with Gasteiger partial charge in [0.1, 0.15) is 0 Å². The van der Waals surface area contributed by atoms with Gasteiger partial charge in [-0.1, -0.05) is 12.8 Å². The molecule has 0 bridgehead atoms. The Kier molecular flexibility index (Phi) is 4.41. The van der Waals surface area contributed by atoms with E-state index in [9.17, 15) is 5.11 Å². The molecule has 2 unspecified atom stereocenters. The lowest BCUT2D eigenvalue weighted by Crippen LogP contribution is -2.42. The summed E-state index contributed by atoms with van der Waals surface area (Å²) in [5.41, 5.74) is 1.33. The van der Waals surface area contributed by atoms with Gasteiger partial charge < -0.3 is 5.11 Å². The zero-order valence-electron chi connectivity index (χ0n) is 9.53. The first-order valence-electron chi connectivity index (χ1n) is 5.78. The second-order valence-electron chi connectivity index (χ2n) is 4.59. The maximum Gasteiger partial charge on any atom is 0.0701 e. The highest BCUT2D eigenvalue weighted by Crippen LogP contribution is 2.26. The topological polar surface area (TPSA) is 23.5 Å². The molecular weight excluding hydrogens is 286 g/mol. The van der Waals surface area contributed by atoms with Crippen molar-refractivity contribution in [3.8, 4) is 0 Å². The molecule has 2 nitrogen and oxygen atoms in total. The maximum atomic E-state index is 9.97. The molecular formula is C12H18BrNOS. The van der Waals surface area contributed by atoms with E-state index >= 15 is 0 Å². The Morgan fingerprint density at radius 2 is 2.25 bits per heavy atom. The van der Waals surface area contributed by atoms with Crippen molar-refractivity contribution in [2.75, 3.05) is 7.05 Å². The lowest BCUT2D eigenvalue weighted by atomic mass is 9.91. The smallest absolute Gasteiger partial charge is 0.0701 e. The van der Waals surface area contributed by atoms with Gasteiger partial charge in [-0.3, -0.25) is 4.90 Å². The average molecular weight is 304 g/mol. The predicted molar refractivity (Wildman–Crippen MR) is 71.7 cm³/mol. The highest BCUT2D eigenvalue weighted by molar-refractivity contribution is 9.11. The first kappa shape index (κ1) is 12.6. The standard InChI is InChI=1S/C12H18BrNOS/c1-14(7-9-6-12(13)16-8-9)10-4-2-3-5-11(10)15/h6,8,10-11,15H,2-5,7H2,1H3. The van der Waals surface area contributed by atoms with Crippen LogP contribution in [0.1, 0.15) is 31.2 Å². The van der Waals surface area contributed by atoms with Crippen LogP contribution in [-0.2, 0) is 6.54 Å². The highest BCUT2D eigenvalue weighted by atomic mass is 79.9. The van der Waals surface area contributed by atoms with E-state index in [2.05, 4.69) is 39.3 Å². The van der Waals surface area contributed by atoms with E-state index < -0.39 is 0 Å². The van der Waals surface area contributed by atoms with E-state index in [0.717, 1.165) is 19.4 Å². The number of nitrogens with zero attached hydrogens (tertiary/aromatic N) is 1. The average Bonchev–Trinajstić information content (AvgIpc) is 2.64. The largest absolute Gasteiger partial charge is 0.391 e. The number of halogens is 1. The molecule has 1 aromatic rings. The third kappa shape index (κ3) is 3.06. The molecule has 0 aliphatic heterocycles. The van der Waals surface area contributed by atoms with E-state index in [4.69, 9.17) is 0 Å². The molecule has 2 rings (SSSR count). The van der Waals surface area contributed by atoms with Gasteiger partial charge in [0.25, 0.3) is 0 Å². The third-order valence-corrected chi connectivity index (χ3v) is 4.87. The van der Waals surface area contributed by atoms with Gasteiger partial charge >= 0.3 is 0 Å². The van der Waals surface area contributed by atoms with Crippen LogP contribution in [0.15, 0.2) is 15.2 Å². The summed E-state index contributed by atoms with van der Waals surface area (Å²) in [7, 11) is 2.12. The first-order chi connectivity index (χ1) is 7.66. The predicted octanol–water partition coefficient (Wildman–Crippen LogP) is 3.25. The molecule has 16 heavy (non-hydrogen) atoms. The van der Waals surface area contributed by atoms with Gasteiger partial charge in [0.05, 0.1) is 9.89 Å². The van der Waals surface area contributed by atoms with Crippen LogP contribution in [-0.4, -0.2) is 29.2 Å². The summed E-state index contributed by atoms with van der Waals surface area (Å²) in [5.74, 6) is 0. The molecule has 90 valence electrons. The minimum absolute atomic E-state index is 0.138. The lowest BCUT2D eigenvalue weighted by Gasteiger charge is -2.35. The van der Waals surface area contributed by atoms with Gasteiger partial charge in [-0.05, 0) is 52.8 Å². The molecule has 1 fully saturated rings. The summed E-state index contributed by atoms with van der Waals surface area (Å²) in [5, 5.41) is 12.2. The number of hydrogen-bond donors (Lipinski definition) is 1. The Hall–Kier alpha value is 0.1000. The van der Waals surface area contributed by atoms with Crippen LogP contribution in [0.5, 0.6) is 0 Å². The fourth-order valence-corrected chi connectivity index (χ4v) is 3.64. The Morgan fingerprint density at radius 3 is 2.88 bits per heavy atom. The molecule has 2 atom stereocenters. The molecule has 1 aromatic heterocycles. The lowest BCUT2D eigenvalue weighted by molar-refractivity contribution is 0.0289. The van der Waals surface area contributed by atoms with Crippen LogP contribution in [0.4, 0.5) is 0 Å². The number of aliphatic hydroxyl groups excluding tert-OH is 1. The maximum absolute atomic E-state index is 9.97. The molecule has 0 radical (unpaired) electrons. The number of thiophene rings is 1. The molecule has 0 aromatic carbocycles. The quantitative estimate of drug-likeness (QED) is 0.926. The summed E-state index contributed by atoms with van der Waals surface area (Å²) in [6.45, 7) is 0.934. The number of aliphatic hydroxyl groups is 1. The zero-order valence-corrected chi connectivity index (χ0v) is 11.9. The first-order valence-corrected chi connectivity index (χ1v) is 7.45. The van der Waals surface area contributed by atoms with Crippen molar-refractivity contribution < 1.29 is 5.11 Å². The highest BCUT2D eigenvalue weighted by Gasteiger charge is 2.26. The number of likely N-dealkylation sites (N-methyl/N-ethyl adjacent to an activating group) is 1. The van der Waals surface area contributed by atoms with Crippen molar-refractivity contribution in [1.82, 2.24) is 4.90 Å². The van der Waals surface area contributed by atoms with Gasteiger partial charge in [-0.2, -0.15) is 0 Å². The van der Waals surface area contributed by atoms with Crippen LogP contribution in [0.2, 0.25) is 0 Å². The summed E-state index contributed by atoms with van der Waals surface area (Å²) in [6.07, 6.45) is 4.38. The van der Waals surface area contributed by atoms with Gasteiger partial charge in [0.15, 0.2) is 0 Å². The van der Waals surface area contributed by atoms with Crippen molar-refractivity contribution >= 4 is 27.3 Å². The van der Waals surface area contributed by atoms with Crippen LogP contribution in [0.25, 0.3) is 0 Å². The molecule has 0 spiro atoms. The van der Waals surface area contributed by atoms with Crippen LogP contribution < -0.4 is 0 Å². The van der Waals surface area contributed by atoms with E-state index in [1.165, 1.54) is 22.2 Å². The normalized spacial score (nSPS) is 26.2. The number of hydrogen-bond acceptors (Lipinski definition) is 3.